The van der Waals surface area contributed by atoms with Crippen molar-refractivity contribution in [1.29, 1.82) is 5.26 Å². The summed E-state index contributed by atoms with van der Waals surface area (Å²) in [5, 5.41) is 9.12. The van der Waals surface area contributed by atoms with E-state index in [1.165, 1.54) is 0 Å². The van der Waals surface area contributed by atoms with Gasteiger partial charge in [-0.2, -0.15) is 5.26 Å². The Bertz CT molecular complexity index is 363. The maximum Gasteiger partial charge on any atom is 0.137 e. The van der Waals surface area contributed by atoms with Gasteiger partial charge in [-0.1, -0.05) is 32.9 Å². The van der Waals surface area contributed by atoms with Crippen LogP contribution in [0.3, 0.4) is 0 Å². The molecule has 0 atom stereocenters. The summed E-state index contributed by atoms with van der Waals surface area (Å²) >= 11 is 0. The number of rotatable bonds is 4. The molecule has 0 unspecified atom stereocenters. The van der Waals surface area contributed by atoms with Gasteiger partial charge in [0.2, 0.25) is 0 Å². The normalized spacial score (nSPS) is 10.1. The van der Waals surface area contributed by atoms with Crippen molar-refractivity contribution in [3.05, 3.63) is 29.3 Å². The SMILES string of the molecule is CCCOc1cccc(C(C)C)c1C#N. The minimum absolute atomic E-state index is 0.352. The van der Waals surface area contributed by atoms with Crippen LogP contribution in [0.25, 0.3) is 0 Å². The summed E-state index contributed by atoms with van der Waals surface area (Å²) in [7, 11) is 0. The topological polar surface area (TPSA) is 33.0 Å². The molecule has 0 saturated carbocycles. The van der Waals surface area contributed by atoms with Crippen molar-refractivity contribution in [2.45, 2.75) is 33.1 Å². The lowest BCUT2D eigenvalue weighted by molar-refractivity contribution is 0.316. The van der Waals surface area contributed by atoms with E-state index in [2.05, 4.69) is 26.8 Å². The minimum Gasteiger partial charge on any atom is -0.492 e. The third-order valence-electron chi connectivity index (χ3n) is 2.25. The summed E-state index contributed by atoms with van der Waals surface area (Å²) in [4.78, 5) is 0. The summed E-state index contributed by atoms with van der Waals surface area (Å²) in [6, 6.07) is 8.02. The van der Waals surface area contributed by atoms with Gasteiger partial charge in [0.25, 0.3) is 0 Å². The number of ether oxygens (including phenoxy) is 1. The molecule has 80 valence electrons. The van der Waals surface area contributed by atoms with E-state index < -0.39 is 0 Å². The standard InChI is InChI=1S/C13H17NO/c1-4-8-15-13-7-5-6-11(10(2)3)12(13)9-14/h5-7,10H,4,8H2,1-3H3. The van der Waals surface area contributed by atoms with Crippen molar-refractivity contribution in [1.82, 2.24) is 0 Å². The second-order valence-electron chi connectivity index (χ2n) is 3.84. The molecular weight excluding hydrogens is 186 g/mol. The monoisotopic (exact) mass is 203 g/mol. The Hall–Kier alpha value is -1.49. The van der Waals surface area contributed by atoms with Crippen LogP contribution in [0.4, 0.5) is 0 Å². The first-order valence-corrected chi connectivity index (χ1v) is 5.36. The van der Waals surface area contributed by atoms with E-state index >= 15 is 0 Å². The van der Waals surface area contributed by atoms with Crippen molar-refractivity contribution in [2.75, 3.05) is 6.61 Å². The Morgan fingerprint density at radius 3 is 2.67 bits per heavy atom. The fraction of sp³-hybridized carbons (Fsp3) is 0.462. The van der Waals surface area contributed by atoms with Gasteiger partial charge in [0.1, 0.15) is 11.8 Å². The largest absolute Gasteiger partial charge is 0.492 e. The summed E-state index contributed by atoms with van der Waals surface area (Å²) in [6.07, 6.45) is 0.955. The zero-order chi connectivity index (χ0) is 11.3. The van der Waals surface area contributed by atoms with E-state index in [-0.39, 0.29) is 0 Å². The van der Waals surface area contributed by atoms with Crippen LogP contribution in [0, 0.1) is 11.3 Å². The summed E-state index contributed by atoms with van der Waals surface area (Å²) in [5.74, 6) is 1.07. The molecule has 1 aromatic rings. The van der Waals surface area contributed by atoms with Crippen LogP contribution in [0.15, 0.2) is 18.2 Å². The van der Waals surface area contributed by atoms with Crippen LogP contribution in [0.5, 0.6) is 5.75 Å². The van der Waals surface area contributed by atoms with Gasteiger partial charge >= 0.3 is 0 Å². The van der Waals surface area contributed by atoms with Gasteiger partial charge < -0.3 is 4.74 Å². The van der Waals surface area contributed by atoms with E-state index in [4.69, 9.17) is 10.00 Å². The zero-order valence-corrected chi connectivity index (χ0v) is 9.58. The van der Waals surface area contributed by atoms with E-state index in [0.29, 0.717) is 23.8 Å². The Morgan fingerprint density at radius 2 is 2.13 bits per heavy atom. The highest BCUT2D eigenvalue weighted by molar-refractivity contribution is 5.49. The first-order valence-electron chi connectivity index (χ1n) is 5.36. The van der Waals surface area contributed by atoms with Crippen molar-refractivity contribution in [3.8, 4) is 11.8 Å². The Labute approximate surface area is 91.5 Å². The molecule has 0 spiro atoms. The average Bonchev–Trinajstić information content (AvgIpc) is 2.25. The quantitative estimate of drug-likeness (QED) is 0.750. The molecular formula is C13H17NO. The van der Waals surface area contributed by atoms with Gasteiger partial charge in [-0.3, -0.25) is 0 Å². The minimum atomic E-state index is 0.352. The molecule has 0 bridgehead atoms. The highest BCUT2D eigenvalue weighted by Crippen LogP contribution is 2.27. The molecule has 15 heavy (non-hydrogen) atoms. The Kier molecular flexibility index (Phi) is 4.17. The van der Waals surface area contributed by atoms with E-state index in [9.17, 15) is 0 Å². The van der Waals surface area contributed by atoms with Crippen molar-refractivity contribution >= 4 is 0 Å². The predicted octanol–water partition coefficient (Wildman–Crippen LogP) is 3.47. The Balaban J connectivity index is 3.06. The Morgan fingerprint density at radius 1 is 1.40 bits per heavy atom. The predicted molar refractivity (Wildman–Crippen MR) is 61.0 cm³/mol. The van der Waals surface area contributed by atoms with Gasteiger partial charge in [-0.05, 0) is 24.0 Å². The summed E-state index contributed by atoms with van der Waals surface area (Å²) < 4.78 is 5.55. The summed E-state index contributed by atoms with van der Waals surface area (Å²) in [5.41, 5.74) is 1.74. The van der Waals surface area contributed by atoms with Crippen molar-refractivity contribution in [3.63, 3.8) is 0 Å². The maximum atomic E-state index is 9.12. The number of hydrogen-bond donors (Lipinski definition) is 0. The van der Waals surface area contributed by atoms with Crippen LogP contribution in [-0.4, -0.2) is 6.61 Å². The van der Waals surface area contributed by atoms with E-state index in [1.807, 2.05) is 18.2 Å². The van der Waals surface area contributed by atoms with Crippen LogP contribution in [-0.2, 0) is 0 Å². The fourth-order valence-electron chi connectivity index (χ4n) is 1.48. The van der Waals surface area contributed by atoms with Gasteiger partial charge in [0, 0.05) is 0 Å². The summed E-state index contributed by atoms with van der Waals surface area (Å²) in [6.45, 7) is 6.88. The molecule has 0 aliphatic heterocycles. The van der Waals surface area contributed by atoms with Crippen LogP contribution in [0.2, 0.25) is 0 Å². The molecule has 2 nitrogen and oxygen atoms in total. The molecule has 0 aliphatic carbocycles. The molecule has 1 aromatic carbocycles. The van der Waals surface area contributed by atoms with Gasteiger partial charge in [-0.15, -0.1) is 0 Å². The molecule has 0 fully saturated rings. The van der Waals surface area contributed by atoms with Crippen molar-refractivity contribution < 1.29 is 4.74 Å². The fourth-order valence-corrected chi connectivity index (χ4v) is 1.48. The lowest BCUT2D eigenvalue weighted by Gasteiger charge is -2.12. The smallest absolute Gasteiger partial charge is 0.137 e. The second-order valence-corrected chi connectivity index (χ2v) is 3.84. The van der Waals surface area contributed by atoms with Crippen molar-refractivity contribution in [2.24, 2.45) is 0 Å². The highest BCUT2D eigenvalue weighted by Gasteiger charge is 2.11. The average molecular weight is 203 g/mol. The molecule has 0 heterocycles. The van der Waals surface area contributed by atoms with E-state index in [0.717, 1.165) is 12.0 Å². The van der Waals surface area contributed by atoms with Gasteiger partial charge in [0.05, 0.1) is 12.2 Å². The third-order valence-corrected chi connectivity index (χ3v) is 2.25. The number of benzene rings is 1. The van der Waals surface area contributed by atoms with Crippen LogP contribution in [0.1, 0.15) is 44.2 Å². The molecule has 0 N–H and O–H groups in total. The molecule has 1 rings (SSSR count). The van der Waals surface area contributed by atoms with Crippen LogP contribution >= 0.6 is 0 Å². The maximum absolute atomic E-state index is 9.12. The van der Waals surface area contributed by atoms with Gasteiger partial charge in [0.15, 0.2) is 0 Å². The zero-order valence-electron chi connectivity index (χ0n) is 9.58. The third kappa shape index (κ3) is 2.73. The number of nitriles is 1. The molecule has 0 saturated heterocycles. The van der Waals surface area contributed by atoms with E-state index in [1.54, 1.807) is 0 Å². The number of hydrogen-bond acceptors (Lipinski definition) is 2. The van der Waals surface area contributed by atoms with Gasteiger partial charge in [-0.25, -0.2) is 0 Å². The molecule has 2 heteroatoms. The lowest BCUT2D eigenvalue weighted by atomic mass is 9.97. The first kappa shape index (κ1) is 11.6. The second kappa shape index (κ2) is 5.41. The molecule has 0 amide bonds. The lowest BCUT2D eigenvalue weighted by Crippen LogP contribution is -2.00. The molecule has 0 aliphatic rings. The van der Waals surface area contributed by atoms with Crippen LogP contribution < -0.4 is 4.74 Å². The first-order chi connectivity index (χ1) is 7.20. The highest BCUT2D eigenvalue weighted by atomic mass is 16.5. The molecule has 0 radical (unpaired) electrons. The molecule has 0 aromatic heterocycles. The number of nitrogens with zero attached hydrogens (tertiary/aromatic N) is 1.